The van der Waals surface area contributed by atoms with Crippen LogP contribution in [0.2, 0.25) is 0 Å². The fourth-order valence-electron chi connectivity index (χ4n) is 0. The molecule has 19 valence electrons. The van der Waals surface area contributed by atoms with Crippen LogP contribution in [0.3, 0.4) is 0 Å². The van der Waals surface area contributed by atoms with Gasteiger partial charge in [0.2, 0.25) is 0 Å². The van der Waals surface area contributed by atoms with Crippen molar-refractivity contribution in [2.75, 3.05) is 0 Å². The van der Waals surface area contributed by atoms with Crippen LogP contribution in [0.5, 0.6) is 0 Å². The average molecular weight is 141 g/mol. The van der Waals surface area contributed by atoms with Crippen molar-refractivity contribution in [2.24, 2.45) is 0 Å². The van der Waals surface area contributed by atoms with E-state index in [4.69, 9.17) is 0 Å². The van der Waals surface area contributed by atoms with Crippen LogP contribution in [0.25, 0.3) is 0 Å². The minimum atomic E-state index is 0. The van der Waals surface area contributed by atoms with Crippen LogP contribution in [0.15, 0.2) is 0 Å². The van der Waals surface area contributed by atoms with Crippen molar-refractivity contribution in [1.82, 2.24) is 0 Å². The van der Waals surface area contributed by atoms with E-state index in [1.807, 2.05) is 0 Å². The minimum Gasteiger partial charge on any atom is -2.00 e. The van der Waals surface area contributed by atoms with Crippen molar-refractivity contribution in [2.45, 2.75) is 0 Å². The monoisotopic (exact) mass is 141 g/mol. The van der Waals surface area contributed by atoms with Gasteiger partial charge in [0.05, 0.1) is 0 Å². The molecule has 0 aliphatic rings. The van der Waals surface area contributed by atoms with Crippen LogP contribution in [0, 0.1) is 0 Å². The van der Waals surface area contributed by atoms with Gasteiger partial charge in [-0.2, -0.15) is 0 Å². The molecule has 0 bridgehead atoms. The maximum atomic E-state index is 0. The molecule has 0 aliphatic heterocycles. The van der Waals surface area contributed by atoms with E-state index in [0.717, 1.165) is 0 Å². The van der Waals surface area contributed by atoms with Gasteiger partial charge in [-0.15, -0.1) is 0 Å². The molecule has 1 radical (unpaired) electrons. The van der Waals surface area contributed by atoms with Crippen molar-refractivity contribution in [3.63, 3.8) is 0 Å². The number of hydrogen-bond acceptors (Lipinski definition) is 0. The van der Waals surface area contributed by atoms with Crippen molar-refractivity contribution in [3.8, 4) is 0 Å². The number of rotatable bonds is 0. The van der Waals surface area contributed by atoms with Crippen LogP contribution in [0.1, 0.15) is 0 Å². The zero-order valence-electron chi connectivity index (χ0n) is 2.35. The molecule has 0 aromatic rings. The molecule has 1 nitrogen and oxygen atoms in total. The van der Waals surface area contributed by atoms with E-state index >= 15 is 0 Å². The molecule has 0 rings (SSSR count). The van der Waals surface area contributed by atoms with Gasteiger partial charge < -0.3 is 10.2 Å². The van der Waals surface area contributed by atoms with Gasteiger partial charge in [0.1, 0.15) is 0 Å². The van der Waals surface area contributed by atoms with Gasteiger partial charge in [0.15, 0.2) is 0 Å². The molecule has 0 saturated heterocycles. The Morgan fingerprint density at radius 1 is 0.800 bits per heavy atom. The summed E-state index contributed by atoms with van der Waals surface area (Å²) >= 11 is 0. The molecule has 5 heavy (non-hydrogen) atoms. The van der Waals surface area contributed by atoms with Gasteiger partial charge in [0, 0.05) is 0 Å². The van der Waals surface area contributed by atoms with Gasteiger partial charge in [-0.05, 0) is 0 Å². The summed E-state index contributed by atoms with van der Waals surface area (Å²) in [6.07, 6.45) is 0. The largest absolute Gasteiger partial charge is 3.00 e. The Labute approximate surface area is 62.2 Å². The Morgan fingerprint density at radius 3 is 0.800 bits per heavy atom. The summed E-state index contributed by atoms with van der Waals surface area (Å²) in [6.45, 7) is 0. The topological polar surface area (TPSA) is 28.5 Å². The van der Waals surface area contributed by atoms with Gasteiger partial charge in [-0.1, -0.05) is 0 Å². The first-order valence-corrected chi connectivity index (χ1v) is 0. The van der Waals surface area contributed by atoms with Gasteiger partial charge in [-0.3, -0.25) is 0 Å². The molecule has 0 aromatic carbocycles. The van der Waals surface area contributed by atoms with E-state index in [2.05, 4.69) is 0 Å². The van der Waals surface area contributed by atoms with Crippen molar-refractivity contribution >= 4 is 34.7 Å². The minimum absolute atomic E-state index is 0. The summed E-state index contributed by atoms with van der Waals surface area (Å²) in [5.41, 5.74) is 0. The summed E-state index contributed by atoms with van der Waals surface area (Å²) in [7, 11) is 0. The second-order valence-electron chi connectivity index (χ2n) is 0. The predicted octanol–water partition coefficient (Wildman–Crippen LogP) is -3.88. The molecule has 0 saturated carbocycles. The fourth-order valence-corrected chi connectivity index (χ4v) is 0. The van der Waals surface area contributed by atoms with Crippen LogP contribution in [-0.2, 0) is 22.8 Å². The third kappa shape index (κ3) is 30.2. The molecule has 0 aromatic heterocycles. The van der Waals surface area contributed by atoms with Gasteiger partial charge in [-0.25, -0.2) is 0 Å². The molecular formula is Al2CrFO+6. The van der Waals surface area contributed by atoms with E-state index < -0.39 is 0 Å². The zero-order valence-corrected chi connectivity index (χ0v) is 5.93. The van der Waals surface area contributed by atoms with Crippen LogP contribution in [-0.4, -0.2) is 34.7 Å². The average Bonchev–Trinajstić information content (AvgIpc) is 0. The Bertz CT molecular complexity index is 9.61. The first-order valence-electron chi connectivity index (χ1n) is 0. The second-order valence-corrected chi connectivity index (χ2v) is 0. The molecule has 0 aliphatic carbocycles. The van der Waals surface area contributed by atoms with Crippen molar-refractivity contribution in [1.29, 1.82) is 0 Å². The maximum Gasteiger partial charge on any atom is 3.00 e. The third-order valence-corrected chi connectivity index (χ3v) is 0. The number of hydrogen-bond donors (Lipinski definition) is 0. The fraction of sp³-hybridized carbons (Fsp3) is 0. The molecule has 0 atom stereocenters. The molecule has 0 heterocycles. The summed E-state index contributed by atoms with van der Waals surface area (Å²) in [6, 6.07) is 0. The summed E-state index contributed by atoms with van der Waals surface area (Å²) in [4.78, 5) is 0. The Morgan fingerprint density at radius 2 is 0.800 bits per heavy atom. The van der Waals surface area contributed by atoms with E-state index in [0.29, 0.717) is 0 Å². The standard InChI is InChI=1S/2Al.Cr.FH.O/h;;;1H;/q3*+3;;-2/p-1. The SMILES string of the molecule is [Al+3].[Al+3].[Cr+3].[F-].[O-2]. The first-order chi connectivity index (χ1) is 0. The van der Waals surface area contributed by atoms with Crippen molar-refractivity contribution in [3.05, 3.63) is 0 Å². The van der Waals surface area contributed by atoms with Crippen LogP contribution in [0.4, 0.5) is 0 Å². The van der Waals surface area contributed by atoms with Crippen LogP contribution < -0.4 is 4.70 Å². The van der Waals surface area contributed by atoms with E-state index in [1.54, 1.807) is 0 Å². The molecule has 0 fully saturated rings. The summed E-state index contributed by atoms with van der Waals surface area (Å²) < 4.78 is 0. The van der Waals surface area contributed by atoms with E-state index in [9.17, 15) is 0 Å². The summed E-state index contributed by atoms with van der Waals surface area (Å²) in [5.74, 6) is 0. The quantitative estimate of drug-likeness (QED) is 0.309. The van der Waals surface area contributed by atoms with Crippen molar-refractivity contribution < 1.29 is 27.5 Å². The van der Waals surface area contributed by atoms with Crippen LogP contribution >= 0.6 is 0 Å². The molecule has 0 unspecified atom stereocenters. The Kier molecular flexibility index (Phi) is 882. The third-order valence-electron chi connectivity index (χ3n) is 0. The van der Waals surface area contributed by atoms with Gasteiger partial charge >= 0.3 is 52.1 Å². The summed E-state index contributed by atoms with van der Waals surface area (Å²) in [5, 5.41) is 0. The molecule has 0 amide bonds. The smallest absolute Gasteiger partial charge is 2.00 e. The Balaban J connectivity index is 0. The van der Waals surface area contributed by atoms with E-state index in [1.165, 1.54) is 0 Å². The van der Waals surface area contributed by atoms with Gasteiger partial charge in [0.25, 0.3) is 0 Å². The number of halogens is 1. The Hall–Kier alpha value is 1.49. The molecule has 5 heteroatoms. The first kappa shape index (κ1) is 88.3. The molecule has 0 N–H and O–H groups in total. The van der Waals surface area contributed by atoms with E-state index in [-0.39, 0.29) is 62.3 Å². The predicted molar refractivity (Wildman–Crippen MR) is 12.2 cm³/mol. The maximum absolute atomic E-state index is 0. The molecular weight excluding hydrogens is 141 g/mol. The normalized spacial score (nSPS) is 0. The zero-order chi connectivity index (χ0) is 0. The second kappa shape index (κ2) is 49.9. The molecule has 0 spiro atoms.